The van der Waals surface area contributed by atoms with Crippen LogP contribution in [0.15, 0.2) is 52.0 Å². The molecule has 0 aliphatic heterocycles. The SMILES string of the molecule is COc1cccc(C=NNC(=O)CN(c2ccccc2Br)S(C)(=O)=O)c1O. The number of sulfonamides is 1. The number of amides is 1. The van der Waals surface area contributed by atoms with Gasteiger partial charge in [-0.2, -0.15) is 5.10 Å². The van der Waals surface area contributed by atoms with Crippen molar-refractivity contribution in [1.29, 1.82) is 0 Å². The van der Waals surface area contributed by atoms with Crippen LogP contribution in [0.3, 0.4) is 0 Å². The Morgan fingerprint density at radius 2 is 2.00 bits per heavy atom. The highest BCUT2D eigenvalue weighted by Gasteiger charge is 2.22. The molecule has 0 saturated heterocycles. The summed E-state index contributed by atoms with van der Waals surface area (Å²) in [4.78, 5) is 12.1. The predicted octanol–water partition coefficient (Wildman–Crippen LogP) is 2.08. The number of hydrogen-bond donors (Lipinski definition) is 2. The van der Waals surface area contributed by atoms with Crippen molar-refractivity contribution < 1.29 is 23.1 Å². The average molecular weight is 456 g/mol. The Balaban J connectivity index is 2.12. The highest BCUT2D eigenvalue weighted by molar-refractivity contribution is 9.10. The lowest BCUT2D eigenvalue weighted by atomic mass is 10.2. The summed E-state index contributed by atoms with van der Waals surface area (Å²) in [6, 6.07) is 11.5. The second kappa shape index (κ2) is 8.87. The maximum atomic E-state index is 12.1. The number of para-hydroxylation sites is 2. The van der Waals surface area contributed by atoms with Gasteiger partial charge in [-0.05, 0) is 40.2 Å². The van der Waals surface area contributed by atoms with Gasteiger partial charge < -0.3 is 9.84 Å². The maximum Gasteiger partial charge on any atom is 0.260 e. The van der Waals surface area contributed by atoms with Gasteiger partial charge in [0.15, 0.2) is 11.5 Å². The van der Waals surface area contributed by atoms with Crippen LogP contribution in [0.4, 0.5) is 5.69 Å². The van der Waals surface area contributed by atoms with Gasteiger partial charge in [-0.25, -0.2) is 13.8 Å². The van der Waals surface area contributed by atoms with E-state index in [-0.39, 0.29) is 11.5 Å². The molecule has 2 N–H and O–H groups in total. The minimum atomic E-state index is -3.69. The number of ether oxygens (including phenoxy) is 1. The summed E-state index contributed by atoms with van der Waals surface area (Å²) in [5, 5.41) is 13.7. The van der Waals surface area contributed by atoms with E-state index in [1.165, 1.54) is 13.3 Å². The normalized spacial score (nSPS) is 11.4. The fourth-order valence-electron chi connectivity index (χ4n) is 2.18. The zero-order valence-electron chi connectivity index (χ0n) is 14.6. The Hall–Kier alpha value is -2.59. The zero-order valence-corrected chi connectivity index (χ0v) is 17.0. The van der Waals surface area contributed by atoms with Crippen LogP contribution in [-0.4, -0.2) is 45.6 Å². The van der Waals surface area contributed by atoms with E-state index in [0.717, 1.165) is 10.6 Å². The lowest BCUT2D eigenvalue weighted by molar-refractivity contribution is -0.119. The molecule has 8 nitrogen and oxygen atoms in total. The highest BCUT2D eigenvalue weighted by Crippen LogP contribution is 2.28. The first-order valence-corrected chi connectivity index (χ1v) is 10.3. The number of anilines is 1. The molecule has 0 aliphatic rings. The fraction of sp³-hybridized carbons (Fsp3) is 0.176. The first-order chi connectivity index (χ1) is 12.7. The quantitative estimate of drug-likeness (QED) is 0.490. The molecule has 0 unspecified atom stereocenters. The smallest absolute Gasteiger partial charge is 0.260 e. The Labute approximate surface area is 165 Å². The lowest BCUT2D eigenvalue weighted by Gasteiger charge is -2.22. The molecular weight excluding hydrogens is 438 g/mol. The van der Waals surface area contributed by atoms with Gasteiger partial charge in [0.2, 0.25) is 10.0 Å². The van der Waals surface area contributed by atoms with Crippen LogP contribution in [0, 0.1) is 0 Å². The van der Waals surface area contributed by atoms with Crippen molar-refractivity contribution in [1.82, 2.24) is 5.43 Å². The van der Waals surface area contributed by atoms with Crippen LogP contribution in [0.2, 0.25) is 0 Å². The molecule has 1 amide bonds. The molecule has 0 saturated carbocycles. The average Bonchev–Trinajstić information content (AvgIpc) is 2.61. The number of halogens is 1. The van der Waals surface area contributed by atoms with Gasteiger partial charge in [0, 0.05) is 10.0 Å². The third kappa shape index (κ3) is 5.44. The molecule has 2 aromatic rings. The van der Waals surface area contributed by atoms with Gasteiger partial charge in [-0.3, -0.25) is 9.10 Å². The van der Waals surface area contributed by atoms with E-state index >= 15 is 0 Å². The molecule has 0 fully saturated rings. The minimum Gasteiger partial charge on any atom is -0.504 e. The Morgan fingerprint density at radius 1 is 1.30 bits per heavy atom. The number of benzene rings is 2. The number of hydrazone groups is 1. The third-order valence-electron chi connectivity index (χ3n) is 3.45. The van der Waals surface area contributed by atoms with E-state index < -0.39 is 22.5 Å². The predicted molar refractivity (Wildman–Crippen MR) is 107 cm³/mol. The summed E-state index contributed by atoms with van der Waals surface area (Å²) < 4.78 is 30.6. The molecule has 10 heteroatoms. The summed E-state index contributed by atoms with van der Waals surface area (Å²) in [5.74, 6) is -0.499. The summed E-state index contributed by atoms with van der Waals surface area (Å²) in [5.41, 5.74) is 2.92. The Kier molecular flexibility index (Phi) is 6.81. The van der Waals surface area contributed by atoms with Gasteiger partial charge in [0.05, 0.1) is 25.3 Å². The lowest BCUT2D eigenvalue weighted by Crippen LogP contribution is -2.39. The van der Waals surface area contributed by atoms with E-state index in [2.05, 4.69) is 26.5 Å². The van der Waals surface area contributed by atoms with Crippen molar-refractivity contribution in [3.05, 3.63) is 52.5 Å². The molecule has 2 aromatic carbocycles. The van der Waals surface area contributed by atoms with Gasteiger partial charge in [-0.1, -0.05) is 18.2 Å². The van der Waals surface area contributed by atoms with Crippen molar-refractivity contribution in [2.45, 2.75) is 0 Å². The molecule has 0 bridgehead atoms. The molecule has 0 heterocycles. The summed E-state index contributed by atoms with van der Waals surface area (Å²) in [6.07, 6.45) is 2.25. The van der Waals surface area contributed by atoms with Crippen LogP contribution < -0.4 is 14.5 Å². The summed E-state index contributed by atoms with van der Waals surface area (Å²) >= 11 is 3.28. The third-order valence-corrected chi connectivity index (χ3v) is 5.25. The summed E-state index contributed by atoms with van der Waals surface area (Å²) in [6.45, 7) is -0.455. The van der Waals surface area contributed by atoms with Crippen molar-refractivity contribution in [3.8, 4) is 11.5 Å². The number of phenols is 1. The Bertz CT molecular complexity index is 963. The van der Waals surface area contributed by atoms with Crippen molar-refractivity contribution >= 4 is 43.8 Å². The van der Waals surface area contributed by atoms with E-state index in [0.29, 0.717) is 15.7 Å². The van der Waals surface area contributed by atoms with Gasteiger partial charge in [0.1, 0.15) is 6.54 Å². The standard InChI is InChI=1S/C17H18BrN3O5S/c1-26-15-9-5-6-12(17(15)23)10-19-20-16(22)11-21(27(2,24)25)14-8-4-3-7-13(14)18/h3-10,23H,11H2,1-2H3,(H,20,22). The van der Waals surface area contributed by atoms with Crippen LogP contribution in [0.1, 0.15) is 5.56 Å². The second-order valence-electron chi connectivity index (χ2n) is 5.41. The number of rotatable bonds is 7. The first-order valence-electron chi connectivity index (χ1n) is 7.64. The minimum absolute atomic E-state index is 0.121. The molecule has 144 valence electrons. The number of phenolic OH excluding ortho intramolecular Hbond substituents is 1. The van der Waals surface area contributed by atoms with Gasteiger partial charge in [-0.15, -0.1) is 0 Å². The molecule has 0 spiro atoms. The number of carbonyl (C=O) groups is 1. The first kappa shape index (κ1) is 20.7. The van der Waals surface area contributed by atoms with Crippen molar-refractivity contribution in [3.63, 3.8) is 0 Å². The molecule has 0 atom stereocenters. The van der Waals surface area contributed by atoms with E-state index in [1.807, 2.05) is 0 Å². The molecule has 27 heavy (non-hydrogen) atoms. The van der Waals surface area contributed by atoms with Crippen LogP contribution in [0.5, 0.6) is 11.5 Å². The van der Waals surface area contributed by atoms with Crippen LogP contribution >= 0.6 is 15.9 Å². The fourth-order valence-corrected chi connectivity index (χ4v) is 3.67. The molecular formula is C17H18BrN3O5S. The van der Waals surface area contributed by atoms with E-state index in [1.54, 1.807) is 42.5 Å². The Morgan fingerprint density at radius 3 is 2.63 bits per heavy atom. The van der Waals surface area contributed by atoms with Crippen molar-refractivity contribution in [2.24, 2.45) is 5.10 Å². The largest absolute Gasteiger partial charge is 0.504 e. The molecule has 0 radical (unpaired) electrons. The zero-order chi connectivity index (χ0) is 20.0. The highest BCUT2D eigenvalue weighted by atomic mass is 79.9. The number of methoxy groups -OCH3 is 1. The summed E-state index contributed by atoms with van der Waals surface area (Å²) in [7, 11) is -2.28. The van der Waals surface area contributed by atoms with E-state index in [9.17, 15) is 18.3 Å². The number of aromatic hydroxyl groups is 1. The van der Waals surface area contributed by atoms with E-state index in [4.69, 9.17) is 4.74 Å². The number of nitrogens with one attached hydrogen (secondary N) is 1. The number of carbonyl (C=O) groups excluding carboxylic acids is 1. The monoisotopic (exact) mass is 455 g/mol. The topological polar surface area (TPSA) is 108 Å². The van der Waals surface area contributed by atoms with Crippen LogP contribution in [0.25, 0.3) is 0 Å². The number of nitrogens with zero attached hydrogens (tertiary/aromatic N) is 2. The molecule has 2 rings (SSSR count). The molecule has 0 aromatic heterocycles. The molecule has 0 aliphatic carbocycles. The van der Waals surface area contributed by atoms with Crippen LogP contribution in [-0.2, 0) is 14.8 Å². The van der Waals surface area contributed by atoms with Gasteiger partial charge in [0.25, 0.3) is 5.91 Å². The second-order valence-corrected chi connectivity index (χ2v) is 8.17. The van der Waals surface area contributed by atoms with Gasteiger partial charge >= 0.3 is 0 Å². The maximum absolute atomic E-state index is 12.1. The van der Waals surface area contributed by atoms with Crippen molar-refractivity contribution in [2.75, 3.05) is 24.2 Å². The number of hydrogen-bond acceptors (Lipinski definition) is 6.